The van der Waals surface area contributed by atoms with Crippen molar-refractivity contribution in [2.75, 3.05) is 0 Å². The third kappa shape index (κ3) is 3.31. The van der Waals surface area contributed by atoms with Crippen molar-refractivity contribution in [3.05, 3.63) is 22.8 Å². The van der Waals surface area contributed by atoms with Crippen LogP contribution in [-0.2, 0) is 19.2 Å². The molecule has 0 saturated heterocycles. The zero-order valence-corrected chi connectivity index (χ0v) is 22.5. The van der Waals surface area contributed by atoms with Crippen LogP contribution in [0.4, 0.5) is 0 Å². The van der Waals surface area contributed by atoms with Crippen LogP contribution in [0, 0.1) is 39.4 Å². The third-order valence-corrected chi connectivity index (χ3v) is 11.0. The molecule has 4 rings (SSSR count). The van der Waals surface area contributed by atoms with Crippen molar-refractivity contribution in [3.63, 3.8) is 0 Å². The first-order valence-electron chi connectivity index (χ1n) is 13.1. The molecule has 0 bridgehead atoms. The van der Waals surface area contributed by atoms with E-state index >= 15 is 0 Å². The number of carboxylic acids is 1. The number of carbonyl (C=O) groups is 4. The first-order chi connectivity index (χ1) is 16.4. The van der Waals surface area contributed by atoms with E-state index in [4.69, 9.17) is 0 Å². The van der Waals surface area contributed by atoms with Crippen molar-refractivity contribution in [3.8, 4) is 0 Å². The maximum Gasteiger partial charge on any atom is 0.314 e. The second-order valence-corrected chi connectivity index (χ2v) is 13.0. The van der Waals surface area contributed by atoms with Gasteiger partial charge in [-0.05, 0) is 62.0 Å². The van der Waals surface area contributed by atoms with Crippen LogP contribution in [0.2, 0.25) is 0 Å². The number of fused-ring (bicyclic) bond motifs is 4. The molecule has 8 unspecified atom stereocenters. The molecule has 4 aliphatic carbocycles. The van der Waals surface area contributed by atoms with Crippen LogP contribution in [0.1, 0.15) is 80.6 Å². The van der Waals surface area contributed by atoms with Gasteiger partial charge in [-0.2, -0.15) is 0 Å². The molecule has 7 nitrogen and oxygen atoms in total. The number of allylic oxidation sites excluding steroid dienone is 3. The molecule has 2 saturated carbocycles. The van der Waals surface area contributed by atoms with Gasteiger partial charge in [0.2, 0.25) is 0 Å². The van der Waals surface area contributed by atoms with Crippen molar-refractivity contribution in [2.24, 2.45) is 39.4 Å². The van der Waals surface area contributed by atoms with Gasteiger partial charge in [-0.25, -0.2) is 0 Å². The van der Waals surface area contributed by atoms with E-state index in [1.807, 2.05) is 34.6 Å². The van der Waals surface area contributed by atoms with Crippen LogP contribution in [0.5, 0.6) is 0 Å². The van der Waals surface area contributed by atoms with Gasteiger partial charge in [-0.1, -0.05) is 40.2 Å². The summed E-state index contributed by atoms with van der Waals surface area (Å²) in [6.45, 7) is 12.9. The molecule has 0 amide bonds. The monoisotopic (exact) mass is 500 g/mol. The van der Waals surface area contributed by atoms with Gasteiger partial charge >= 0.3 is 5.97 Å². The summed E-state index contributed by atoms with van der Waals surface area (Å²) in [7, 11) is 0. The molecular weight excluding hydrogens is 460 g/mol. The minimum atomic E-state index is -1.20. The Bertz CT molecular complexity index is 1110. The predicted octanol–water partition coefficient (Wildman–Crippen LogP) is 3.66. The van der Waals surface area contributed by atoms with Crippen LogP contribution in [0.25, 0.3) is 0 Å². The van der Waals surface area contributed by atoms with E-state index in [1.54, 1.807) is 6.92 Å². The molecule has 0 aliphatic heterocycles. The van der Waals surface area contributed by atoms with Crippen molar-refractivity contribution < 1.29 is 34.5 Å². The van der Waals surface area contributed by atoms with E-state index in [2.05, 4.69) is 0 Å². The van der Waals surface area contributed by atoms with Crippen LogP contribution in [0.15, 0.2) is 22.8 Å². The highest BCUT2D eigenvalue weighted by Gasteiger charge is 2.69. The Balaban J connectivity index is 1.85. The highest BCUT2D eigenvalue weighted by Crippen LogP contribution is 2.71. The summed E-state index contributed by atoms with van der Waals surface area (Å²) in [4.78, 5) is 50.7. The average Bonchev–Trinajstić information content (AvgIpc) is 2.98. The van der Waals surface area contributed by atoms with E-state index in [0.29, 0.717) is 42.4 Å². The Labute approximate surface area is 213 Å². The number of Topliss-reactive ketones (excluding diaryl/α,β-unsaturated/α-hetero) is 2. The zero-order valence-electron chi connectivity index (χ0n) is 22.5. The summed E-state index contributed by atoms with van der Waals surface area (Å²) in [5, 5.41) is 32.4. The topological polar surface area (TPSA) is 129 Å². The van der Waals surface area contributed by atoms with Gasteiger partial charge in [0.15, 0.2) is 11.6 Å². The number of hydrogen-bond acceptors (Lipinski definition) is 6. The van der Waals surface area contributed by atoms with Crippen LogP contribution >= 0.6 is 0 Å². The van der Waals surface area contributed by atoms with Gasteiger partial charge in [-0.3, -0.25) is 19.2 Å². The number of rotatable bonds is 4. The number of ketones is 3. The Kier molecular flexibility index (Phi) is 6.13. The maximum absolute atomic E-state index is 14.0. The lowest BCUT2D eigenvalue weighted by molar-refractivity contribution is -0.146. The summed E-state index contributed by atoms with van der Waals surface area (Å²) >= 11 is 0. The molecule has 2 fully saturated rings. The molecular formula is C29H40O7. The van der Waals surface area contributed by atoms with Crippen LogP contribution in [-0.4, -0.2) is 50.8 Å². The molecule has 7 heteroatoms. The van der Waals surface area contributed by atoms with Crippen LogP contribution < -0.4 is 0 Å². The van der Waals surface area contributed by atoms with Gasteiger partial charge in [0.25, 0.3) is 0 Å². The second-order valence-electron chi connectivity index (χ2n) is 13.0. The number of carboxylic acid groups (broad SMARTS) is 1. The first kappa shape index (κ1) is 26.9. The lowest BCUT2D eigenvalue weighted by atomic mass is 9.42. The first-order valence-corrected chi connectivity index (χ1v) is 13.1. The molecule has 3 N–H and O–H groups in total. The number of aliphatic hydroxyl groups excluding tert-OH is 2. The number of carbonyl (C=O) groups excluding carboxylic acids is 3. The molecule has 36 heavy (non-hydrogen) atoms. The van der Waals surface area contributed by atoms with E-state index in [1.165, 1.54) is 13.0 Å². The number of hydrogen-bond donors (Lipinski definition) is 3. The van der Waals surface area contributed by atoms with E-state index < -0.39 is 51.5 Å². The number of aliphatic carboxylic acids is 1. The zero-order chi connectivity index (χ0) is 27.2. The van der Waals surface area contributed by atoms with Crippen molar-refractivity contribution in [1.29, 1.82) is 0 Å². The van der Waals surface area contributed by atoms with E-state index in [0.717, 1.165) is 0 Å². The quantitative estimate of drug-likeness (QED) is 0.397. The van der Waals surface area contributed by atoms with Gasteiger partial charge in [0, 0.05) is 34.7 Å². The van der Waals surface area contributed by atoms with E-state index in [-0.39, 0.29) is 29.8 Å². The molecule has 0 aromatic carbocycles. The van der Waals surface area contributed by atoms with Gasteiger partial charge < -0.3 is 15.3 Å². The van der Waals surface area contributed by atoms with E-state index in [9.17, 15) is 34.5 Å². The van der Waals surface area contributed by atoms with Crippen LogP contribution in [0.3, 0.4) is 0 Å². The Morgan fingerprint density at radius 3 is 2.25 bits per heavy atom. The lowest BCUT2D eigenvalue weighted by Gasteiger charge is -2.61. The molecule has 0 spiro atoms. The minimum Gasteiger partial charge on any atom is -0.481 e. The smallest absolute Gasteiger partial charge is 0.314 e. The SMILES string of the molecule is C/C(=C/C(=O)C(C)C(=O)O)C1CC(O)C2(C)C3=C(C(=O)CC12C)C1(C)CCC(=O)C(C)(C)C1CC3O. The fourth-order valence-corrected chi connectivity index (χ4v) is 8.54. The summed E-state index contributed by atoms with van der Waals surface area (Å²) in [6, 6.07) is 0. The molecule has 4 aliphatic rings. The summed E-state index contributed by atoms with van der Waals surface area (Å²) in [6.07, 6.45) is 1.29. The molecule has 0 heterocycles. The third-order valence-electron chi connectivity index (χ3n) is 11.0. The fourth-order valence-electron chi connectivity index (χ4n) is 8.54. The van der Waals surface area contributed by atoms with Crippen molar-refractivity contribution in [2.45, 2.75) is 92.8 Å². The number of aliphatic hydroxyl groups is 2. The maximum atomic E-state index is 14.0. The summed E-state index contributed by atoms with van der Waals surface area (Å²) in [5.74, 6) is -3.30. The summed E-state index contributed by atoms with van der Waals surface area (Å²) in [5.41, 5.74) is -1.04. The van der Waals surface area contributed by atoms with Crippen molar-refractivity contribution >= 4 is 23.3 Å². The Hall–Kier alpha value is -2.12. The average molecular weight is 501 g/mol. The van der Waals surface area contributed by atoms with Gasteiger partial charge in [0.05, 0.1) is 12.2 Å². The molecule has 198 valence electrons. The largest absolute Gasteiger partial charge is 0.481 e. The molecule has 8 atom stereocenters. The fraction of sp³-hybridized carbons (Fsp3) is 0.724. The standard InChI is InChI=1S/C29H40O7/c1-14(10-17(30)15(2)25(35)36)16-11-22(34)29(7)24-18(31)12-20-26(3,4)21(33)8-9-27(20,5)23(24)19(32)13-28(16,29)6/h10,15-16,18,20,22,31,34H,8-9,11-13H2,1-7H3,(H,35,36)/b14-10-. The van der Waals surface area contributed by atoms with Crippen molar-refractivity contribution in [1.82, 2.24) is 0 Å². The molecule has 0 radical (unpaired) electrons. The minimum absolute atomic E-state index is 0.0569. The summed E-state index contributed by atoms with van der Waals surface area (Å²) < 4.78 is 0. The highest BCUT2D eigenvalue weighted by atomic mass is 16.4. The van der Waals surface area contributed by atoms with Gasteiger partial charge in [-0.15, -0.1) is 0 Å². The second kappa shape index (κ2) is 8.19. The molecule has 0 aromatic rings. The lowest BCUT2D eigenvalue weighted by Crippen LogP contribution is -2.60. The molecule has 0 aromatic heterocycles. The highest BCUT2D eigenvalue weighted by molar-refractivity contribution is 6.04. The van der Waals surface area contributed by atoms with Gasteiger partial charge in [0.1, 0.15) is 11.7 Å². The predicted molar refractivity (Wildman–Crippen MR) is 133 cm³/mol. The Morgan fingerprint density at radius 2 is 1.67 bits per heavy atom. The Morgan fingerprint density at radius 1 is 1.06 bits per heavy atom. The normalized spacial score (nSPS) is 43.0.